The summed E-state index contributed by atoms with van der Waals surface area (Å²) in [7, 11) is 0. The molecule has 1 aromatic heterocycles. The Labute approximate surface area is 90.0 Å². The van der Waals surface area contributed by atoms with Gasteiger partial charge >= 0.3 is 0 Å². The summed E-state index contributed by atoms with van der Waals surface area (Å²) in [6, 6.07) is 6.77. The van der Waals surface area contributed by atoms with Crippen molar-refractivity contribution in [1.29, 1.82) is 5.26 Å². The number of hydrogen-bond donors (Lipinski definition) is 2. The van der Waals surface area contributed by atoms with Crippen LogP contribution in [0, 0.1) is 11.3 Å². The molecular weight excluding hydrogens is 212 g/mol. The summed E-state index contributed by atoms with van der Waals surface area (Å²) in [4.78, 5) is 4.09. The van der Waals surface area contributed by atoms with E-state index < -0.39 is 12.2 Å². The third-order valence-corrected chi connectivity index (χ3v) is 2.94. The second kappa shape index (κ2) is 3.95. The maximum atomic E-state index is 9.59. The number of hydrogen-bond acceptors (Lipinski definition) is 5. The second-order valence-corrected chi connectivity index (χ2v) is 3.98. The van der Waals surface area contributed by atoms with E-state index in [0.717, 1.165) is 10.2 Å². The number of aromatic nitrogens is 1. The molecule has 0 fully saturated rings. The molecule has 4 nitrogen and oxygen atoms in total. The van der Waals surface area contributed by atoms with E-state index in [-0.39, 0.29) is 0 Å². The highest BCUT2D eigenvalue weighted by molar-refractivity contribution is 7.16. The molecule has 1 aromatic carbocycles. The first-order chi connectivity index (χ1) is 7.22. The Morgan fingerprint density at radius 3 is 2.93 bits per heavy atom. The lowest BCUT2D eigenvalue weighted by Gasteiger charge is -2.11. The molecule has 2 unspecified atom stereocenters. The van der Waals surface area contributed by atoms with Gasteiger partial charge in [0.05, 0.1) is 21.8 Å². The van der Waals surface area contributed by atoms with Gasteiger partial charge in [-0.25, -0.2) is 4.98 Å². The van der Waals surface area contributed by atoms with Gasteiger partial charge in [0.2, 0.25) is 0 Å². The molecule has 2 N–H and O–H groups in total. The van der Waals surface area contributed by atoms with Gasteiger partial charge in [0.1, 0.15) is 6.10 Å². The van der Waals surface area contributed by atoms with Gasteiger partial charge < -0.3 is 10.2 Å². The van der Waals surface area contributed by atoms with Gasteiger partial charge in [0.25, 0.3) is 0 Å². The van der Waals surface area contributed by atoms with E-state index in [9.17, 15) is 10.2 Å². The molecular formula is C10H8N2O2S. The minimum atomic E-state index is -1.40. The Balaban J connectivity index is 2.40. The lowest BCUT2D eigenvalue weighted by molar-refractivity contribution is 0.0529. The minimum Gasteiger partial charge on any atom is -0.385 e. The van der Waals surface area contributed by atoms with Crippen molar-refractivity contribution >= 4 is 21.6 Å². The van der Waals surface area contributed by atoms with Crippen molar-refractivity contribution in [3.63, 3.8) is 0 Å². The van der Waals surface area contributed by atoms with Crippen molar-refractivity contribution in [2.45, 2.75) is 12.2 Å². The van der Waals surface area contributed by atoms with E-state index in [4.69, 9.17) is 5.26 Å². The van der Waals surface area contributed by atoms with Crippen LogP contribution in [0.5, 0.6) is 0 Å². The van der Waals surface area contributed by atoms with Crippen molar-refractivity contribution < 1.29 is 10.2 Å². The van der Waals surface area contributed by atoms with Crippen LogP contribution in [0.2, 0.25) is 0 Å². The maximum absolute atomic E-state index is 9.59. The quantitative estimate of drug-likeness (QED) is 0.746. The summed E-state index contributed by atoms with van der Waals surface area (Å²) >= 11 is 1.50. The van der Waals surface area contributed by atoms with Crippen molar-refractivity contribution in [1.82, 2.24) is 4.98 Å². The number of aliphatic hydroxyl groups is 2. The van der Waals surface area contributed by atoms with Crippen LogP contribution < -0.4 is 0 Å². The number of thiazole rings is 1. The molecule has 76 valence electrons. The van der Waals surface area contributed by atoms with E-state index in [1.165, 1.54) is 11.3 Å². The summed E-state index contributed by atoms with van der Waals surface area (Å²) in [6.07, 6.45) is -2.58. The molecule has 0 aliphatic heterocycles. The third-order valence-electron chi connectivity index (χ3n) is 2.13. The first-order valence-electron chi connectivity index (χ1n) is 4.31. The Bertz CT molecular complexity index is 517. The predicted octanol–water partition coefficient (Wildman–Crippen LogP) is 1.21. The largest absolute Gasteiger partial charge is 0.385 e. The lowest BCUT2D eigenvalue weighted by atomic mass is 10.1. The van der Waals surface area contributed by atoms with Crippen LogP contribution >= 0.6 is 11.3 Å². The Morgan fingerprint density at radius 1 is 1.40 bits per heavy atom. The molecule has 0 spiro atoms. The highest BCUT2D eigenvalue weighted by atomic mass is 32.1. The fourth-order valence-electron chi connectivity index (χ4n) is 1.31. The first-order valence-corrected chi connectivity index (χ1v) is 5.19. The van der Waals surface area contributed by atoms with Gasteiger partial charge in [0, 0.05) is 0 Å². The smallest absolute Gasteiger partial charge is 0.170 e. The summed E-state index contributed by atoms with van der Waals surface area (Å²) in [5.41, 5.74) is 2.98. The molecule has 0 aliphatic rings. The molecule has 0 amide bonds. The number of benzene rings is 1. The fourth-order valence-corrected chi connectivity index (χ4v) is 1.97. The van der Waals surface area contributed by atoms with E-state index in [2.05, 4.69) is 4.98 Å². The zero-order chi connectivity index (χ0) is 10.8. The Kier molecular flexibility index (Phi) is 2.64. The molecule has 2 rings (SSSR count). The van der Waals surface area contributed by atoms with Crippen LogP contribution in [0.1, 0.15) is 11.7 Å². The molecule has 5 heteroatoms. The van der Waals surface area contributed by atoms with Gasteiger partial charge in [-0.2, -0.15) is 5.26 Å². The molecule has 2 aromatic rings. The molecule has 0 radical (unpaired) electrons. The molecule has 15 heavy (non-hydrogen) atoms. The van der Waals surface area contributed by atoms with Crippen molar-refractivity contribution in [2.24, 2.45) is 0 Å². The highest BCUT2D eigenvalue weighted by Gasteiger charge is 2.17. The van der Waals surface area contributed by atoms with Crippen molar-refractivity contribution in [2.75, 3.05) is 0 Å². The molecule has 1 heterocycles. The number of nitriles is 1. The van der Waals surface area contributed by atoms with Gasteiger partial charge in [-0.05, 0) is 17.7 Å². The Morgan fingerprint density at radius 2 is 2.20 bits per heavy atom. The predicted molar refractivity (Wildman–Crippen MR) is 56.2 cm³/mol. The van der Waals surface area contributed by atoms with Gasteiger partial charge in [-0.15, -0.1) is 11.3 Å². The van der Waals surface area contributed by atoms with Crippen LogP contribution in [-0.2, 0) is 0 Å². The average Bonchev–Trinajstić information content (AvgIpc) is 2.73. The highest BCUT2D eigenvalue weighted by Crippen LogP contribution is 2.23. The van der Waals surface area contributed by atoms with Gasteiger partial charge in [-0.1, -0.05) is 6.07 Å². The number of aliphatic hydroxyl groups excluding tert-OH is 2. The molecule has 0 saturated heterocycles. The van der Waals surface area contributed by atoms with Crippen LogP contribution in [0.4, 0.5) is 0 Å². The monoisotopic (exact) mass is 220 g/mol. The van der Waals surface area contributed by atoms with Crippen LogP contribution in [0.25, 0.3) is 10.2 Å². The minimum absolute atomic E-state index is 0.502. The Hall–Kier alpha value is -1.48. The van der Waals surface area contributed by atoms with Gasteiger partial charge in [-0.3, -0.25) is 0 Å². The summed E-state index contributed by atoms with van der Waals surface area (Å²) < 4.78 is 1.01. The zero-order valence-corrected chi connectivity index (χ0v) is 8.48. The van der Waals surface area contributed by atoms with Gasteiger partial charge in [0.15, 0.2) is 6.10 Å². The lowest BCUT2D eigenvalue weighted by Crippen LogP contribution is -2.15. The van der Waals surface area contributed by atoms with E-state index in [1.807, 2.05) is 6.07 Å². The van der Waals surface area contributed by atoms with E-state index in [1.54, 1.807) is 23.7 Å². The number of rotatable bonds is 2. The molecule has 0 bridgehead atoms. The number of nitrogens with zero attached hydrogens (tertiary/aromatic N) is 2. The summed E-state index contributed by atoms with van der Waals surface area (Å²) in [6.45, 7) is 0. The van der Waals surface area contributed by atoms with Crippen molar-refractivity contribution in [3.8, 4) is 6.07 Å². The van der Waals surface area contributed by atoms with Crippen LogP contribution in [-0.4, -0.2) is 21.3 Å². The normalized spacial score (nSPS) is 14.7. The molecule has 0 aliphatic carbocycles. The molecule has 0 saturated carbocycles. The summed E-state index contributed by atoms with van der Waals surface area (Å²) in [5, 5.41) is 27.2. The molecule has 2 atom stereocenters. The SMILES string of the molecule is N#CC(O)C(O)c1ccc2scnc2c1. The standard InChI is InChI=1S/C10H8N2O2S/c11-4-8(13)10(14)6-1-2-9-7(3-6)12-5-15-9/h1-3,5,8,10,13-14H. The first kappa shape index (κ1) is 10.1. The topological polar surface area (TPSA) is 77.1 Å². The second-order valence-electron chi connectivity index (χ2n) is 3.10. The van der Waals surface area contributed by atoms with Crippen LogP contribution in [0.15, 0.2) is 23.7 Å². The zero-order valence-electron chi connectivity index (χ0n) is 7.66. The van der Waals surface area contributed by atoms with Crippen LogP contribution in [0.3, 0.4) is 0 Å². The summed E-state index contributed by atoms with van der Waals surface area (Å²) in [5.74, 6) is 0. The third kappa shape index (κ3) is 1.83. The van der Waals surface area contributed by atoms with E-state index in [0.29, 0.717) is 5.56 Å². The van der Waals surface area contributed by atoms with Crippen molar-refractivity contribution in [3.05, 3.63) is 29.3 Å². The average molecular weight is 220 g/mol. The maximum Gasteiger partial charge on any atom is 0.170 e. The fraction of sp³-hybridized carbons (Fsp3) is 0.200. The number of fused-ring (bicyclic) bond motifs is 1. The van der Waals surface area contributed by atoms with E-state index >= 15 is 0 Å².